The van der Waals surface area contributed by atoms with Crippen molar-refractivity contribution in [2.45, 2.75) is 45.2 Å². The van der Waals surface area contributed by atoms with Gasteiger partial charge in [0.05, 0.1) is 6.61 Å². The van der Waals surface area contributed by atoms with Crippen LogP contribution in [-0.2, 0) is 0 Å². The normalized spacial score (nSPS) is 18.4. The summed E-state index contributed by atoms with van der Waals surface area (Å²) in [6.45, 7) is 8.11. The summed E-state index contributed by atoms with van der Waals surface area (Å²) in [4.78, 5) is 2.56. The lowest BCUT2D eigenvalue weighted by atomic mass is 10.0. The van der Waals surface area contributed by atoms with Gasteiger partial charge in [0.25, 0.3) is 0 Å². The predicted molar refractivity (Wildman–Crippen MR) is 89.0 cm³/mol. The van der Waals surface area contributed by atoms with Crippen molar-refractivity contribution in [2.75, 3.05) is 31.6 Å². The van der Waals surface area contributed by atoms with E-state index in [0.717, 1.165) is 31.8 Å². The van der Waals surface area contributed by atoms with Crippen LogP contribution < -0.4 is 15.8 Å². The molecule has 0 saturated carbocycles. The average Bonchev–Trinajstić information content (AvgIpc) is 2.50. The highest BCUT2D eigenvalue weighted by Crippen LogP contribution is 2.21. The van der Waals surface area contributed by atoms with Crippen LogP contribution in [0.2, 0.25) is 0 Å². The third kappa shape index (κ3) is 4.90. The second kappa shape index (κ2) is 8.25. The molecule has 0 bridgehead atoms. The van der Waals surface area contributed by atoms with Gasteiger partial charge in [0.2, 0.25) is 0 Å². The Morgan fingerprint density at radius 2 is 1.95 bits per heavy atom. The maximum atomic E-state index is 5.65. The molecule has 2 rings (SSSR count). The number of benzene rings is 1. The van der Waals surface area contributed by atoms with Crippen molar-refractivity contribution >= 4 is 5.69 Å². The number of nitrogens with two attached hydrogens (primary N) is 1. The van der Waals surface area contributed by atoms with E-state index < -0.39 is 0 Å². The van der Waals surface area contributed by atoms with Crippen LogP contribution in [0.1, 0.15) is 33.1 Å². The minimum absolute atomic E-state index is 0.573. The zero-order chi connectivity index (χ0) is 15.1. The van der Waals surface area contributed by atoms with E-state index in [4.69, 9.17) is 10.5 Å². The molecule has 4 heteroatoms. The molecule has 21 heavy (non-hydrogen) atoms. The Bertz CT molecular complexity index is 399. The number of nitrogens with one attached hydrogen (secondary N) is 1. The first-order valence-corrected chi connectivity index (χ1v) is 8.16. The number of ether oxygens (including phenoxy) is 1. The fraction of sp³-hybridized carbons (Fsp3) is 0.647. The van der Waals surface area contributed by atoms with Crippen LogP contribution >= 0.6 is 0 Å². The SMILES string of the molecule is CCOc1ccc(NC2CCN(C(C)CCN)CC2)cc1. The Kier molecular flexibility index (Phi) is 6.33. The molecule has 0 aliphatic carbocycles. The smallest absolute Gasteiger partial charge is 0.119 e. The number of piperidine rings is 1. The monoisotopic (exact) mass is 291 g/mol. The van der Waals surface area contributed by atoms with Crippen LogP contribution in [0.15, 0.2) is 24.3 Å². The van der Waals surface area contributed by atoms with Crippen LogP contribution in [0, 0.1) is 0 Å². The number of anilines is 1. The van der Waals surface area contributed by atoms with E-state index in [1.807, 2.05) is 19.1 Å². The van der Waals surface area contributed by atoms with Gasteiger partial charge in [-0.3, -0.25) is 0 Å². The molecule has 0 spiro atoms. The molecule has 1 heterocycles. The van der Waals surface area contributed by atoms with Gasteiger partial charge >= 0.3 is 0 Å². The molecular weight excluding hydrogens is 262 g/mol. The third-order valence-corrected chi connectivity index (χ3v) is 4.27. The Balaban J connectivity index is 1.77. The summed E-state index contributed by atoms with van der Waals surface area (Å²) in [5, 5.41) is 3.63. The first kappa shape index (κ1) is 16.1. The fourth-order valence-electron chi connectivity index (χ4n) is 2.96. The summed E-state index contributed by atoms with van der Waals surface area (Å²) < 4.78 is 5.47. The van der Waals surface area contributed by atoms with Gasteiger partial charge in [0.15, 0.2) is 0 Å². The number of hydrogen-bond donors (Lipinski definition) is 2. The highest BCUT2D eigenvalue weighted by Gasteiger charge is 2.22. The Hall–Kier alpha value is -1.26. The van der Waals surface area contributed by atoms with Crippen molar-refractivity contribution in [2.24, 2.45) is 5.73 Å². The Morgan fingerprint density at radius 1 is 1.29 bits per heavy atom. The lowest BCUT2D eigenvalue weighted by Gasteiger charge is -2.36. The van der Waals surface area contributed by atoms with E-state index in [1.54, 1.807) is 0 Å². The number of likely N-dealkylation sites (tertiary alicyclic amines) is 1. The molecule has 0 amide bonds. The minimum Gasteiger partial charge on any atom is -0.494 e. The molecule has 4 nitrogen and oxygen atoms in total. The molecule has 1 atom stereocenters. The maximum Gasteiger partial charge on any atom is 0.119 e. The molecule has 1 unspecified atom stereocenters. The molecule has 3 N–H and O–H groups in total. The van der Waals surface area contributed by atoms with Crippen LogP contribution in [0.5, 0.6) is 5.75 Å². The zero-order valence-corrected chi connectivity index (χ0v) is 13.3. The molecular formula is C17H29N3O. The molecule has 1 saturated heterocycles. The summed E-state index contributed by atoms with van der Waals surface area (Å²) in [6, 6.07) is 9.46. The second-order valence-corrected chi connectivity index (χ2v) is 5.84. The van der Waals surface area contributed by atoms with Gasteiger partial charge in [0, 0.05) is 30.9 Å². The molecule has 1 aliphatic heterocycles. The van der Waals surface area contributed by atoms with Crippen LogP contribution in [0.3, 0.4) is 0 Å². The topological polar surface area (TPSA) is 50.5 Å². The summed E-state index contributed by atoms with van der Waals surface area (Å²) in [6.07, 6.45) is 3.49. The van der Waals surface area contributed by atoms with E-state index in [2.05, 4.69) is 29.3 Å². The number of rotatable bonds is 7. The minimum atomic E-state index is 0.573. The van der Waals surface area contributed by atoms with Gasteiger partial charge in [-0.1, -0.05) is 0 Å². The van der Waals surface area contributed by atoms with Crippen molar-refractivity contribution < 1.29 is 4.74 Å². The van der Waals surface area contributed by atoms with Gasteiger partial charge in [-0.05, 0) is 63.9 Å². The van der Waals surface area contributed by atoms with E-state index >= 15 is 0 Å². The van der Waals surface area contributed by atoms with Crippen LogP contribution in [0.4, 0.5) is 5.69 Å². The molecule has 1 aromatic carbocycles. The summed E-state index contributed by atoms with van der Waals surface area (Å²) in [5.41, 5.74) is 6.84. The van der Waals surface area contributed by atoms with Crippen LogP contribution in [-0.4, -0.2) is 43.2 Å². The molecule has 1 aromatic rings. The van der Waals surface area contributed by atoms with E-state index in [1.165, 1.54) is 18.5 Å². The largest absolute Gasteiger partial charge is 0.494 e. The van der Waals surface area contributed by atoms with E-state index in [0.29, 0.717) is 18.7 Å². The van der Waals surface area contributed by atoms with Gasteiger partial charge in [0.1, 0.15) is 5.75 Å². The number of nitrogens with zero attached hydrogens (tertiary/aromatic N) is 1. The molecule has 0 radical (unpaired) electrons. The van der Waals surface area contributed by atoms with Gasteiger partial charge < -0.3 is 20.7 Å². The highest BCUT2D eigenvalue weighted by molar-refractivity contribution is 5.47. The van der Waals surface area contributed by atoms with Gasteiger partial charge in [-0.2, -0.15) is 0 Å². The van der Waals surface area contributed by atoms with Crippen LogP contribution in [0.25, 0.3) is 0 Å². The molecule has 1 fully saturated rings. The fourth-order valence-corrected chi connectivity index (χ4v) is 2.96. The molecule has 118 valence electrons. The van der Waals surface area contributed by atoms with Gasteiger partial charge in [-0.15, -0.1) is 0 Å². The first-order chi connectivity index (χ1) is 10.2. The summed E-state index contributed by atoms with van der Waals surface area (Å²) in [5.74, 6) is 0.938. The summed E-state index contributed by atoms with van der Waals surface area (Å²) >= 11 is 0. The maximum absolute atomic E-state index is 5.65. The first-order valence-electron chi connectivity index (χ1n) is 8.16. The molecule has 0 aromatic heterocycles. The van der Waals surface area contributed by atoms with Crippen molar-refractivity contribution in [3.05, 3.63) is 24.3 Å². The lowest BCUT2D eigenvalue weighted by molar-refractivity contribution is 0.161. The van der Waals surface area contributed by atoms with Crippen molar-refractivity contribution in [3.8, 4) is 5.75 Å². The average molecular weight is 291 g/mol. The highest BCUT2D eigenvalue weighted by atomic mass is 16.5. The number of hydrogen-bond acceptors (Lipinski definition) is 4. The van der Waals surface area contributed by atoms with Crippen molar-refractivity contribution in [3.63, 3.8) is 0 Å². The molecule has 1 aliphatic rings. The quantitative estimate of drug-likeness (QED) is 0.811. The third-order valence-electron chi connectivity index (χ3n) is 4.27. The Morgan fingerprint density at radius 3 is 2.52 bits per heavy atom. The predicted octanol–water partition coefficient (Wildman–Crippen LogP) is 2.70. The van der Waals surface area contributed by atoms with Crippen molar-refractivity contribution in [1.29, 1.82) is 0 Å². The van der Waals surface area contributed by atoms with Gasteiger partial charge in [-0.25, -0.2) is 0 Å². The van der Waals surface area contributed by atoms with Crippen molar-refractivity contribution in [1.82, 2.24) is 4.90 Å². The summed E-state index contributed by atoms with van der Waals surface area (Å²) in [7, 11) is 0. The van der Waals surface area contributed by atoms with E-state index in [9.17, 15) is 0 Å². The Labute approximate surface area is 128 Å². The lowest BCUT2D eigenvalue weighted by Crippen LogP contribution is -2.44. The zero-order valence-electron chi connectivity index (χ0n) is 13.3. The second-order valence-electron chi connectivity index (χ2n) is 5.84. The van der Waals surface area contributed by atoms with E-state index in [-0.39, 0.29) is 0 Å². The standard InChI is InChI=1S/C17H29N3O/c1-3-21-17-6-4-15(5-7-17)19-16-9-12-20(13-10-16)14(2)8-11-18/h4-7,14,16,19H,3,8-13,18H2,1-2H3.